The van der Waals surface area contributed by atoms with Crippen molar-refractivity contribution >= 4 is 11.9 Å². The molecule has 0 saturated heterocycles. The number of anilines is 1. The molecular formula is C20H22N6O. The number of aromatic nitrogens is 4. The molecule has 3 aromatic rings. The Balaban J connectivity index is 1.46. The summed E-state index contributed by atoms with van der Waals surface area (Å²) in [5.74, 6) is 0.00141. The molecule has 7 heteroatoms. The molecule has 1 aromatic carbocycles. The number of rotatable bonds is 4. The molecule has 1 aliphatic rings. The Labute approximate surface area is 157 Å². The summed E-state index contributed by atoms with van der Waals surface area (Å²) >= 11 is 0. The van der Waals surface area contributed by atoms with Crippen LogP contribution in [0.5, 0.6) is 0 Å². The summed E-state index contributed by atoms with van der Waals surface area (Å²) < 4.78 is 2.01. The Morgan fingerprint density at radius 1 is 1.11 bits per heavy atom. The SMILES string of the molecule is Nc1ncc(C(=O)NC2CCC(n3cccn3)CC2)c(-c2ccccc2)n1. The average Bonchev–Trinajstić information content (AvgIpc) is 3.24. The Bertz CT molecular complexity index is 901. The lowest BCUT2D eigenvalue weighted by atomic mass is 9.91. The Kier molecular flexibility index (Phi) is 4.82. The summed E-state index contributed by atoms with van der Waals surface area (Å²) in [5, 5.41) is 7.47. The molecule has 0 atom stereocenters. The van der Waals surface area contributed by atoms with Crippen LogP contribution >= 0.6 is 0 Å². The first-order chi connectivity index (χ1) is 13.2. The molecule has 0 radical (unpaired) electrons. The zero-order chi connectivity index (χ0) is 18.6. The van der Waals surface area contributed by atoms with Crippen molar-refractivity contribution in [3.8, 4) is 11.3 Å². The third-order valence-corrected chi connectivity index (χ3v) is 5.03. The second-order valence-corrected chi connectivity index (χ2v) is 6.82. The average molecular weight is 362 g/mol. The molecule has 2 aromatic heterocycles. The zero-order valence-corrected chi connectivity index (χ0v) is 15.0. The van der Waals surface area contributed by atoms with Crippen LogP contribution in [0.2, 0.25) is 0 Å². The first-order valence-electron chi connectivity index (χ1n) is 9.18. The van der Waals surface area contributed by atoms with E-state index in [4.69, 9.17) is 5.73 Å². The Hall–Kier alpha value is -3.22. The number of amides is 1. The van der Waals surface area contributed by atoms with Gasteiger partial charge in [0.2, 0.25) is 5.95 Å². The van der Waals surface area contributed by atoms with Gasteiger partial charge in [-0.2, -0.15) is 5.10 Å². The van der Waals surface area contributed by atoms with Gasteiger partial charge in [0.05, 0.1) is 17.3 Å². The molecule has 138 valence electrons. The molecule has 0 bridgehead atoms. The summed E-state index contributed by atoms with van der Waals surface area (Å²) in [6.07, 6.45) is 9.16. The van der Waals surface area contributed by atoms with Crippen LogP contribution in [0, 0.1) is 0 Å². The fraction of sp³-hybridized carbons (Fsp3) is 0.300. The Morgan fingerprint density at radius 2 is 1.89 bits per heavy atom. The normalized spacial score (nSPS) is 19.6. The highest BCUT2D eigenvalue weighted by molar-refractivity contribution is 5.99. The molecule has 3 N–H and O–H groups in total. The topological polar surface area (TPSA) is 98.7 Å². The van der Waals surface area contributed by atoms with E-state index >= 15 is 0 Å². The van der Waals surface area contributed by atoms with Crippen LogP contribution in [0.1, 0.15) is 42.1 Å². The number of hydrogen-bond acceptors (Lipinski definition) is 5. The van der Waals surface area contributed by atoms with Crippen molar-refractivity contribution < 1.29 is 4.79 Å². The zero-order valence-electron chi connectivity index (χ0n) is 15.0. The number of nitrogens with two attached hydrogens (primary N) is 1. The Morgan fingerprint density at radius 3 is 2.59 bits per heavy atom. The summed E-state index contributed by atoms with van der Waals surface area (Å²) in [6.45, 7) is 0. The fourth-order valence-corrected chi connectivity index (χ4v) is 3.62. The van der Waals surface area contributed by atoms with Crippen LogP contribution in [-0.4, -0.2) is 31.7 Å². The van der Waals surface area contributed by atoms with Crippen molar-refractivity contribution in [2.45, 2.75) is 37.8 Å². The maximum Gasteiger partial charge on any atom is 0.255 e. The van der Waals surface area contributed by atoms with E-state index in [9.17, 15) is 4.79 Å². The first-order valence-corrected chi connectivity index (χ1v) is 9.18. The monoisotopic (exact) mass is 362 g/mol. The van der Waals surface area contributed by atoms with Gasteiger partial charge >= 0.3 is 0 Å². The van der Waals surface area contributed by atoms with Gasteiger partial charge in [-0.05, 0) is 31.7 Å². The molecular weight excluding hydrogens is 340 g/mol. The minimum Gasteiger partial charge on any atom is -0.368 e. The number of carbonyl (C=O) groups excluding carboxylic acids is 1. The molecule has 1 amide bonds. The first kappa shape index (κ1) is 17.2. The number of hydrogen-bond donors (Lipinski definition) is 2. The van der Waals surface area contributed by atoms with E-state index in [1.165, 1.54) is 6.20 Å². The number of nitrogen functional groups attached to an aromatic ring is 1. The predicted octanol–water partition coefficient (Wildman–Crippen LogP) is 2.84. The standard InChI is InChI=1S/C20H22N6O/c21-20-22-13-17(18(25-20)14-5-2-1-3-6-14)19(27)24-15-7-9-16(10-8-15)26-12-4-11-23-26/h1-6,11-13,15-16H,7-10H2,(H,24,27)(H2,21,22,25). The molecule has 1 fully saturated rings. The number of benzene rings is 1. The molecule has 1 aliphatic carbocycles. The molecule has 27 heavy (non-hydrogen) atoms. The maximum absolute atomic E-state index is 12.9. The van der Waals surface area contributed by atoms with Gasteiger partial charge in [-0.25, -0.2) is 9.97 Å². The second kappa shape index (κ2) is 7.57. The molecule has 7 nitrogen and oxygen atoms in total. The van der Waals surface area contributed by atoms with Crippen LogP contribution in [-0.2, 0) is 0 Å². The van der Waals surface area contributed by atoms with Crippen LogP contribution in [0.3, 0.4) is 0 Å². The smallest absolute Gasteiger partial charge is 0.255 e. The van der Waals surface area contributed by atoms with Crippen molar-refractivity contribution in [2.24, 2.45) is 0 Å². The molecule has 0 unspecified atom stereocenters. The quantitative estimate of drug-likeness (QED) is 0.743. The van der Waals surface area contributed by atoms with E-state index in [-0.39, 0.29) is 17.9 Å². The van der Waals surface area contributed by atoms with Crippen molar-refractivity contribution in [1.82, 2.24) is 25.1 Å². The lowest BCUT2D eigenvalue weighted by Gasteiger charge is -2.29. The second-order valence-electron chi connectivity index (χ2n) is 6.82. The molecule has 0 spiro atoms. The maximum atomic E-state index is 12.9. The number of nitrogens with zero attached hydrogens (tertiary/aromatic N) is 4. The minimum absolute atomic E-state index is 0.144. The third-order valence-electron chi connectivity index (χ3n) is 5.03. The van der Waals surface area contributed by atoms with Gasteiger partial charge < -0.3 is 11.1 Å². The van der Waals surface area contributed by atoms with Crippen LogP contribution in [0.25, 0.3) is 11.3 Å². The molecule has 2 heterocycles. The van der Waals surface area contributed by atoms with Crippen molar-refractivity contribution in [3.05, 3.63) is 60.6 Å². The van der Waals surface area contributed by atoms with E-state index in [0.717, 1.165) is 31.2 Å². The lowest BCUT2D eigenvalue weighted by molar-refractivity contribution is 0.0921. The summed E-state index contributed by atoms with van der Waals surface area (Å²) in [5.41, 5.74) is 7.60. The van der Waals surface area contributed by atoms with Gasteiger partial charge in [0.1, 0.15) is 0 Å². The minimum atomic E-state index is -0.156. The van der Waals surface area contributed by atoms with E-state index < -0.39 is 0 Å². The van der Waals surface area contributed by atoms with Gasteiger partial charge in [-0.15, -0.1) is 0 Å². The lowest BCUT2D eigenvalue weighted by Crippen LogP contribution is -2.38. The van der Waals surface area contributed by atoms with Crippen LogP contribution in [0.4, 0.5) is 5.95 Å². The van der Waals surface area contributed by atoms with E-state index in [1.807, 2.05) is 47.3 Å². The van der Waals surface area contributed by atoms with Crippen LogP contribution in [0.15, 0.2) is 55.0 Å². The highest BCUT2D eigenvalue weighted by Gasteiger charge is 2.25. The van der Waals surface area contributed by atoms with Crippen molar-refractivity contribution in [1.29, 1.82) is 0 Å². The van der Waals surface area contributed by atoms with Crippen molar-refractivity contribution in [2.75, 3.05) is 5.73 Å². The third kappa shape index (κ3) is 3.81. The van der Waals surface area contributed by atoms with Crippen molar-refractivity contribution in [3.63, 3.8) is 0 Å². The summed E-state index contributed by atoms with van der Waals surface area (Å²) in [7, 11) is 0. The highest BCUT2D eigenvalue weighted by atomic mass is 16.1. The number of nitrogens with one attached hydrogen (secondary N) is 1. The fourth-order valence-electron chi connectivity index (χ4n) is 3.62. The van der Waals surface area contributed by atoms with Gasteiger partial charge in [0.15, 0.2) is 0 Å². The highest BCUT2D eigenvalue weighted by Crippen LogP contribution is 2.28. The predicted molar refractivity (Wildman–Crippen MR) is 103 cm³/mol. The van der Waals surface area contributed by atoms with Gasteiger partial charge in [0, 0.05) is 30.2 Å². The van der Waals surface area contributed by atoms with Gasteiger partial charge in [0.25, 0.3) is 5.91 Å². The molecule has 1 saturated carbocycles. The molecule has 4 rings (SSSR count). The number of carbonyl (C=O) groups is 1. The van der Waals surface area contributed by atoms with Gasteiger partial charge in [-0.1, -0.05) is 30.3 Å². The van der Waals surface area contributed by atoms with Gasteiger partial charge in [-0.3, -0.25) is 9.48 Å². The van der Waals surface area contributed by atoms with E-state index in [2.05, 4.69) is 20.4 Å². The summed E-state index contributed by atoms with van der Waals surface area (Å²) in [6, 6.07) is 12.1. The van der Waals surface area contributed by atoms with Crippen LogP contribution < -0.4 is 11.1 Å². The summed E-state index contributed by atoms with van der Waals surface area (Å²) in [4.78, 5) is 21.2. The van der Waals surface area contributed by atoms with E-state index in [1.54, 1.807) is 6.20 Å². The van der Waals surface area contributed by atoms with E-state index in [0.29, 0.717) is 17.3 Å². The molecule has 0 aliphatic heterocycles. The largest absolute Gasteiger partial charge is 0.368 e.